The van der Waals surface area contributed by atoms with E-state index in [-0.39, 0.29) is 12.2 Å². The van der Waals surface area contributed by atoms with Crippen molar-refractivity contribution in [3.63, 3.8) is 0 Å². The highest BCUT2D eigenvalue weighted by Gasteiger charge is 2.47. The van der Waals surface area contributed by atoms with Crippen LogP contribution >= 0.6 is 11.6 Å². The number of alkyl halides is 2. The van der Waals surface area contributed by atoms with Gasteiger partial charge in [-0.3, -0.25) is 4.79 Å². The van der Waals surface area contributed by atoms with Gasteiger partial charge in [0.1, 0.15) is 0 Å². The summed E-state index contributed by atoms with van der Waals surface area (Å²) < 4.78 is 15.3. The van der Waals surface area contributed by atoms with E-state index in [4.69, 9.17) is 17.3 Å². The third-order valence-electron chi connectivity index (χ3n) is 4.45. The summed E-state index contributed by atoms with van der Waals surface area (Å²) in [4.78, 5) is 11.7. The lowest BCUT2D eigenvalue weighted by atomic mass is 9.77. The van der Waals surface area contributed by atoms with E-state index in [1.165, 1.54) is 6.08 Å². The van der Waals surface area contributed by atoms with Crippen LogP contribution in [0.3, 0.4) is 0 Å². The number of para-hydroxylation sites is 2. The van der Waals surface area contributed by atoms with Gasteiger partial charge >= 0.3 is 0 Å². The van der Waals surface area contributed by atoms with E-state index in [9.17, 15) is 4.79 Å². The first kappa shape index (κ1) is 17.5. The molecule has 1 aliphatic rings. The molecule has 2 aromatic rings. The molecule has 0 aliphatic heterocycles. The molecular weight excluding hydrogens is 339 g/mol. The molecule has 2 aromatic carbocycles. The topological polar surface area (TPSA) is 55.1 Å². The maximum Gasteiger partial charge on any atom is 0.201 e. The van der Waals surface area contributed by atoms with Crippen LogP contribution < -0.4 is 11.1 Å². The maximum atomic E-state index is 15.3. The molecule has 0 fully saturated rings. The maximum absolute atomic E-state index is 15.3. The van der Waals surface area contributed by atoms with Crippen LogP contribution in [-0.2, 0) is 0 Å². The predicted molar refractivity (Wildman–Crippen MR) is 101 cm³/mol. The minimum Gasteiger partial charge on any atom is -0.397 e. The summed E-state index contributed by atoms with van der Waals surface area (Å²) in [7, 11) is 0. The van der Waals surface area contributed by atoms with Crippen molar-refractivity contribution in [2.75, 3.05) is 11.1 Å². The number of hydrogen-bond donors (Lipinski definition) is 2. The number of Topliss-reactive ketones (excluding diaryl/α,β-unsaturated/α-hetero) is 1. The highest BCUT2D eigenvalue weighted by molar-refractivity contribution is 6.26. The minimum atomic E-state index is -1.88. The first-order valence-electron chi connectivity index (χ1n) is 8.10. The summed E-state index contributed by atoms with van der Waals surface area (Å²) in [5.41, 5.74) is 7.39. The Balaban J connectivity index is 1.86. The van der Waals surface area contributed by atoms with E-state index in [2.05, 4.69) is 5.32 Å². The van der Waals surface area contributed by atoms with Crippen LogP contribution in [0.2, 0.25) is 0 Å². The zero-order valence-electron chi connectivity index (χ0n) is 13.9. The first-order valence-corrected chi connectivity index (χ1v) is 8.48. The highest BCUT2D eigenvalue weighted by Crippen LogP contribution is 2.43. The van der Waals surface area contributed by atoms with Crippen LogP contribution in [0, 0.1) is 5.92 Å². The van der Waals surface area contributed by atoms with Crippen LogP contribution in [0.1, 0.15) is 23.7 Å². The Kier molecular flexibility index (Phi) is 4.56. The molecule has 3 rings (SSSR count). The normalized spacial score (nSPS) is 28.5. The van der Waals surface area contributed by atoms with Crippen molar-refractivity contribution in [2.24, 2.45) is 5.92 Å². The van der Waals surface area contributed by atoms with Gasteiger partial charge in [0.05, 0.1) is 22.2 Å². The third kappa shape index (κ3) is 3.69. The van der Waals surface area contributed by atoms with E-state index in [0.29, 0.717) is 16.9 Å². The number of rotatable bonds is 4. The quantitative estimate of drug-likeness (QED) is 0.271. The molecule has 25 heavy (non-hydrogen) atoms. The molecule has 130 valence electrons. The number of anilines is 2. The number of nitrogens with two attached hydrogens (primary N) is 1. The second-order valence-corrected chi connectivity index (χ2v) is 7.46. The molecule has 3 N–H and O–H groups in total. The van der Waals surface area contributed by atoms with E-state index in [0.717, 1.165) is 0 Å². The summed E-state index contributed by atoms with van der Waals surface area (Å²) in [6, 6.07) is 15.9. The fourth-order valence-electron chi connectivity index (χ4n) is 3.18. The van der Waals surface area contributed by atoms with Crippen molar-refractivity contribution in [1.82, 2.24) is 0 Å². The molecule has 0 amide bonds. The zero-order chi connectivity index (χ0) is 18.1. The lowest BCUT2D eigenvalue weighted by Crippen LogP contribution is -2.47. The van der Waals surface area contributed by atoms with Crippen LogP contribution in [0.4, 0.5) is 15.8 Å². The highest BCUT2D eigenvalue weighted by atomic mass is 35.5. The summed E-state index contributed by atoms with van der Waals surface area (Å²) in [6.07, 6.45) is 2.86. The van der Waals surface area contributed by atoms with Crippen LogP contribution in [0.25, 0.3) is 0 Å². The van der Waals surface area contributed by atoms with Gasteiger partial charge in [-0.05, 0) is 25.1 Å². The molecule has 0 spiro atoms. The molecule has 5 heteroatoms. The van der Waals surface area contributed by atoms with E-state index in [1.54, 1.807) is 61.5 Å². The number of hydrogen-bond acceptors (Lipinski definition) is 3. The zero-order valence-corrected chi connectivity index (χ0v) is 14.6. The van der Waals surface area contributed by atoms with E-state index < -0.39 is 16.6 Å². The molecule has 0 bridgehead atoms. The molecule has 3 atom stereocenters. The largest absolute Gasteiger partial charge is 0.397 e. The summed E-state index contributed by atoms with van der Waals surface area (Å²) >= 11 is 6.59. The average Bonchev–Trinajstić information content (AvgIpc) is 2.56. The smallest absolute Gasteiger partial charge is 0.201 e. The number of nitrogens with one attached hydrogen (secondary N) is 1. The van der Waals surface area contributed by atoms with Gasteiger partial charge in [-0.25, -0.2) is 4.39 Å². The van der Waals surface area contributed by atoms with Gasteiger partial charge < -0.3 is 11.1 Å². The molecule has 0 radical (unpaired) electrons. The Bertz CT molecular complexity index is 806. The van der Waals surface area contributed by atoms with Crippen LogP contribution in [0.5, 0.6) is 0 Å². The van der Waals surface area contributed by atoms with Crippen molar-refractivity contribution in [2.45, 2.75) is 24.0 Å². The Morgan fingerprint density at radius 2 is 1.84 bits per heavy atom. The number of nitrogen functional groups attached to an aromatic ring is 1. The monoisotopic (exact) mass is 358 g/mol. The molecule has 0 saturated heterocycles. The standard InChI is InChI=1S/C20H20ClFN2O/c1-19(21)13-20(22,24-17-10-6-5-9-16(17)23)12-11-15(19)18(25)14-7-3-2-4-8-14/h2-12,15,24H,13,23H2,1H3. The molecule has 0 saturated carbocycles. The predicted octanol–water partition coefficient (Wildman–Crippen LogP) is 4.80. The molecular formula is C20H20ClFN2O. The molecule has 3 nitrogen and oxygen atoms in total. The van der Waals surface area contributed by atoms with Gasteiger partial charge in [-0.15, -0.1) is 11.6 Å². The summed E-state index contributed by atoms with van der Waals surface area (Å²) in [6.45, 7) is 1.69. The van der Waals surface area contributed by atoms with Crippen molar-refractivity contribution < 1.29 is 9.18 Å². The van der Waals surface area contributed by atoms with Crippen molar-refractivity contribution in [3.05, 3.63) is 72.3 Å². The fourth-order valence-corrected chi connectivity index (χ4v) is 3.55. The Morgan fingerprint density at radius 1 is 1.20 bits per heavy atom. The summed E-state index contributed by atoms with van der Waals surface area (Å²) in [5.74, 6) is -2.59. The number of halogens is 2. The van der Waals surface area contributed by atoms with E-state index >= 15 is 4.39 Å². The van der Waals surface area contributed by atoms with E-state index in [1.807, 2.05) is 6.07 Å². The van der Waals surface area contributed by atoms with Gasteiger partial charge in [0.15, 0.2) is 5.78 Å². The lowest BCUT2D eigenvalue weighted by Gasteiger charge is -2.39. The van der Waals surface area contributed by atoms with Crippen molar-refractivity contribution in [1.29, 1.82) is 0 Å². The number of carbonyl (C=O) groups excluding carboxylic acids is 1. The molecule has 1 aliphatic carbocycles. The Morgan fingerprint density at radius 3 is 2.48 bits per heavy atom. The first-order chi connectivity index (χ1) is 11.8. The Hall–Kier alpha value is -2.33. The number of carbonyl (C=O) groups is 1. The van der Waals surface area contributed by atoms with Crippen molar-refractivity contribution in [3.8, 4) is 0 Å². The van der Waals surface area contributed by atoms with Gasteiger partial charge in [0, 0.05) is 12.0 Å². The fraction of sp³-hybridized carbons (Fsp3) is 0.250. The number of benzene rings is 2. The van der Waals surface area contributed by atoms with Gasteiger partial charge in [0.2, 0.25) is 5.79 Å². The van der Waals surface area contributed by atoms with Crippen LogP contribution in [0.15, 0.2) is 66.7 Å². The van der Waals surface area contributed by atoms with Gasteiger partial charge in [0.25, 0.3) is 0 Å². The minimum absolute atomic E-state index is 0.0599. The molecule has 0 heterocycles. The molecule has 0 aromatic heterocycles. The number of allylic oxidation sites excluding steroid dienone is 1. The second kappa shape index (κ2) is 6.52. The van der Waals surface area contributed by atoms with Crippen LogP contribution in [-0.4, -0.2) is 16.5 Å². The second-order valence-electron chi connectivity index (χ2n) is 6.60. The SMILES string of the molecule is CC1(Cl)CC(F)(Nc2ccccc2N)C=CC1C(=O)c1ccccc1. The Labute approximate surface area is 151 Å². The third-order valence-corrected chi connectivity index (χ3v) is 4.82. The van der Waals surface area contributed by atoms with Crippen molar-refractivity contribution >= 4 is 28.8 Å². The number of ketones is 1. The lowest BCUT2D eigenvalue weighted by molar-refractivity contribution is 0.0890. The summed E-state index contributed by atoms with van der Waals surface area (Å²) in [5, 5.41) is 2.81. The molecule has 3 unspecified atom stereocenters. The van der Waals surface area contributed by atoms with Gasteiger partial charge in [-0.2, -0.15) is 0 Å². The average molecular weight is 359 g/mol. The van der Waals surface area contributed by atoms with Gasteiger partial charge in [-0.1, -0.05) is 48.5 Å².